The molecule has 0 spiro atoms. The van der Waals surface area contributed by atoms with Crippen LogP contribution < -0.4 is 5.32 Å². The standard InChI is InChI=1S/C22H23N/c1-16(21-12-6-10-18-8-4-5-11-22(18)21)23-20-14-13-17-7-2-3-9-19(17)15-20/h2-12,16,20,23H,13-15H2,1H3/t16-,20?/m1/s1. The van der Waals surface area contributed by atoms with Gasteiger partial charge in [-0.3, -0.25) is 0 Å². The van der Waals surface area contributed by atoms with Gasteiger partial charge >= 0.3 is 0 Å². The summed E-state index contributed by atoms with van der Waals surface area (Å²) < 4.78 is 0. The third kappa shape index (κ3) is 2.89. The van der Waals surface area contributed by atoms with Crippen LogP contribution >= 0.6 is 0 Å². The number of aryl methyl sites for hydroxylation is 1. The highest BCUT2D eigenvalue weighted by Gasteiger charge is 2.20. The largest absolute Gasteiger partial charge is 0.307 e. The quantitative estimate of drug-likeness (QED) is 0.714. The highest BCUT2D eigenvalue weighted by Crippen LogP contribution is 2.27. The summed E-state index contributed by atoms with van der Waals surface area (Å²) in [6, 6.07) is 25.1. The van der Waals surface area contributed by atoms with Crippen molar-refractivity contribution in [2.24, 2.45) is 0 Å². The molecule has 1 heteroatoms. The summed E-state index contributed by atoms with van der Waals surface area (Å²) in [6.07, 6.45) is 3.56. The van der Waals surface area contributed by atoms with E-state index in [1.165, 1.54) is 40.3 Å². The number of rotatable bonds is 3. The topological polar surface area (TPSA) is 12.0 Å². The second-order valence-corrected chi connectivity index (χ2v) is 6.67. The van der Waals surface area contributed by atoms with E-state index in [2.05, 4.69) is 79.0 Å². The molecule has 4 rings (SSSR count). The zero-order chi connectivity index (χ0) is 15.6. The lowest BCUT2D eigenvalue weighted by Gasteiger charge is -2.29. The van der Waals surface area contributed by atoms with Gasteiger partial charge in [-0.25, -0.2) is 0 Å². The molecule has 0 radical (unpaired) electrons. The molecule has 0 aliphatic heterocycles. The maximum Gasteiger partial charge on any atom is 0.0300 e. The Bertz CT molecular complexity index is 816. The van der Waals surface area contributed by atoms with Gasteiger partial charge in [0, 0.05) is 12.1 Å². The van der Waals surface area contributed by atoms with Crippen LogP contribution in [-0.4, -0.2) is 6.04 Å². The Morgan fingerprint density at radius 2 is 1.61 bits per heavy atom. The first-order chi connectivity index (χ1) is 11.3. The van der Waals surface area contributed by atoms with Gasteiger partial charge in [0.2, 0.25) is 0 Å². The summed E-state index contributed by atoms with van der Waals surface area (Å²) in [6.45, 7) is 2.29. The second kappa shape index (κ2) is 6.17. The van der Waals surface area contributed by atoms with E-state index in [1.54, 1.807) is 0 Å². The molecule has 0 aromatic heterocycles. The first-order valence-corrected chi connectivity index (χ1v) is 8.62. The third-order valence-electron chi connectivity index (χ3n) is 5.12. The number of hydrogen-bond acceptors (Lipinski definition) is 1. The van der Waals surface area contributed by atoms with Crippen LogP contribution in [0.4, 0.5) is 0 Å². The molecule has 23 heavy (non-hydrogen) atoms. The van der Waals surface area contributed by atoms with Crippen molar-refractivity contribution in [3.05, 3.63) is 83.4 Å². The highest BCUT2D eigenvalue weighted by atomic mass is 14.9. The summed E-state index contributed by atoms with van der Waals surface area (Å²) in [7, 11) is 0. The minimum Gasteiger partial charge on any atom is -0.307 e. The predicted octanol–water partition coefficient (Wildman–Crippen LogP) is 5.05. The fraction of sp³-hybridized carbons (Fsp3) is 0.273. The molecule has 1 unspecified atom stereocenters. The second-order valence-electron chi connectivity index (χ2n) is 6.67. The van der Waals surface area contributed by atoms with E-state index >= 15 is 0 Å². The Morgan fingerprint density at radius 3 is 2.52 bits per heavy atom. The van der Waals surface area contributed by atoms with Crippen molar-refractivity contribution < 1.29 is 0 Å². The zero-order valence-corrected chi connectivity index (χ0v) is 13.6. The van der Waals surface area contributed by atoms with E-state index < -0.39 is 0 Å². The van der Waals surface area contributed by atoms with Crippen molar-refractivity contribution in [3.8, 4) is 0 Å². The van der Waals surface area contributed by atoms with Gasteiger partial charge in [0.05, 0.1) is 0 Å². The molecular formula is C22H23N. The lowest BCUT2D eigenvalue weighted by Crippen LogP contribution is -2.36. The van der Waals surface area contributed by atoms with Crippen LogP contribution in [0, 0.1) is 0 Å². The lowest BCUT2D eigenvalue weighted by atomic mass is 9.87. The molecule has 0 heterocycles. The van der Waals surface area contributed by atoms with Crippen molar-refractivity contribution in [2.45, 2.75) is 38.3 Å². The van der Waals surface area contributed by atoms with Crippen LogP contribution in [0.3, 0.4) is 0 Å². The van der Waals surface area contributed by atoms with Gasteiger partial charge in [0.15, 0.2) is 0 Å². The first kappa shape index (κ1) is 14.5. The van der Waals surface area contributed by atoms with E-state index in [1.807, 2.05) is 0 Å². The van der Waals surface area contributed by atoms with E-state index in [0.29, 0.717) is 12.1 Å². The van der Waals surface area contributed by atoms with Crippen LogP contribution in [0.25, 0.3) is 10.8 Å². The van der Waals surface area contributed by atoms with Crippen molar-refractivity contribution in [1.82, 2.24) is 5.32 Å². The first-order valence-electron chi connectivity index (χ1n) is 8.62. The van der Waals surface area contributed by atoms with E-state index in [4.69, 9.17) is 0 Å². The van der Waals surface area contributed by atoms with Crippen molar-refractivity contribution in [3.63, 3.8) is 0 Å². The minimum absolute atomic E-state index is 0.372. The SMILES string of the molecule is C[C@@H](NC1CCc2ccccc2C1)c1cccc2ccccc12. The number of hydrogen-bond donors (Lipinski definition) is 1. The van der Waals surface area contributed by atoms with Crippen LogP contribution in [0.15, 0.2) is 66.7 Å². The van der Waals surface area contributed by atoms with Crippen LogP contribution in [0.2, 0.25) is 0 Å². The molecule has 1 N–H and O–H groups in total. The Labute approximate surface area is 138 Å². The Hall–Kier alpha value is -2.12. The molecule has 0 amide bonds. The molecule has 1 nitrogen and oxygen atoms in total. The van der Waals surface area contributed by atoms with Gasteiger partial charge < -0.3 is 5.32 Å². The lowest BCUT2D eigenvalue weighted by molar-refractivity contribution is 0.415. The van der Waals surface area contributed by atoms with E-state index in [0.717, 1.165) is 6.42 Å². The molecule has 1 aliphatic carbocycles. The van der Waals surface area contributed by atoms with Gasteiger partial charge in [0.1, 0.15) is 0 Å². The van der Waals surface area contributed by atoms with Gasteiger partial charge in [-0.2, -0.15) is 0 Å². The molecule has 1 aliphatic rings. The van der Waals surface area contributed by atoms with Gasteiger partial charge in [-0.15, -0.1) is 0 Å². The van der Waals surface area contributed by atoms with Gasteiger partial charge in [-0.05, 0) is 53.6 Å². The molecule has 0 saturated heterocycles. The van der Waals surface area contributed by atoms with E-state index in [9.17, 15) is 0 Å². The van der Waals surface area contributed by atoms with E-state index in [-0.39, 0.29) is 0 Å². The summed E-state index contributed by atoms with van der Waals surface area (Å²) in [5.41, 5.74) is 4.45. The predicted molar refractivity (Wildman–Crippen MR) is 97.8 cm³/mol. The van der Waals surface area contributed by atoms with Gasteiger partial charge in [0.25, 0.3) is 0 Å². The normalized spacial score (nSPS) is 18.6. The van der Waals surface area contributed by atoms with Crippen molar-refractivity contribution in [1.29, 1.82) is 0 Å². The maximum absolute atomic E-state index is 3.87. The van der Waals surface area contributed by atoms with Crippen molar-refractivity contribution >= 4 is 10.8 Å². The van der Waals surface area contributed by atoms with Gasteiger partial charge in [-0.1, -0.05) is 66.7 Å². The zero-order valence-electron chi connectivity index (χ0n) is 13.6. The summed E-state index contributed by atoms with van der Waals surface area (Å²) >= 11 is 0. The molecule has 116 valence electrons. The van der Waals surface area contributed by atoms with Crippen LogP contribution in [-0.2, 0) is 12.8 Å². The number of benzene rings is 3. The maximum atomic E-state index is 3.87. The Kier molecular flexibility index (Phi) is 3.88. The molecular weight excluding hydrogens is 278 g/mol. The Morgan fingerprint density at radius 1 is 0.870 bits per heavy atom. The highest BCUT2D eigenvalue weighted by molar-refractivity contribution is 5.86. The summed E-state index contributed by atoms with van der Waals surface area (Å²) in [5.74, 6) is 0. The average Bonchev–Trinajstić information content (AvgIpc) is 2.61. The molecule has 0 fully saturated rings. The average molecular weight is 301 g/mol. The number of fused-ring (bicyclic) bond motifs is 2. The third-order valence-corrected chi connectivity index (χ3v) is 5.12. The van der Waals surface area contributed by atoms with Crippen LogP contribution in [0.1, 0.15) is 36.1 Å². The van der Waals surface area contributed by atoms with Crippen LogP contribution in [0.5, 0.6) is 0 Å². The summed E-state index contributed by atoms with van der Waals surface area (Å²) in [4.78, 5) is 0. The van der Waals surface area contributed by atoms with Crippen molar-refractivity contribution in [2.75, 3.05) is 0 Å². The minimum atomic E-state index is 0.372. The number of nitrogens with one attached hydrogen (secondary N) is 1. The fourth-order valence-corrected chi connectivity index (χ4v) is 3.91. The molecule has 3 aromatic carbocycles. The Balaban J connectivity index is 1.55. The monoisotopic (exact) mass is 301 g/mol. The molecule has 3 aromatic rings. The fourth-order valence-electron chi connectivity index (χ4n) is 3.91. The molecule has 2 atom stereocenters. The smallest absolute Gasteiger partial charge is 0.0300 e. The molecule has 0 saturated carbocycles. The summed E-state index contributed by atoms with van der Waals surface area (Å²) in [5, 5.41) is 6.56. The molecule has 0 bridgehead atoms.